The van der Waals surface area contributed by atoms with Crippen molar-refractivity contribution in [3.8, 4) is 17.6 Å². The first-order chi connectivity index (χ1) is 15.9. The van der Waals surface area contributed by atoms with Crippen molar-refractivity contribution < 1.29 is 24.2 Å². The third kappa shape index (κ3) is 6.21. The van der Waals surface area contributed by atoms with Gasteiger partial charge >= 0.3 is 5.97 Å². The lowest BCUT2D eigenvalue weighted by atomic mass is 10.1. The fraction of sp³-hybridized carbons (Fsp3) is 0.115. The quantitative estimate of drug-likeness (QED) is 0.382. The van der Waals surface area contributed by atoms with Crippen molar-refractivity contribution >= 4 is 23.6 Å². The number of nitriles is 1. The van der Waals surface area contributed by atoms with Gasteiger partial charge < -0.3 is 19.9 Å². The Hall–Kier alpha value is -4.57. The van der Waals surface area contributed by atoms with Gasteiger partial charge in [0.05, 0.1) is 12.7 Å². The molecule has 0 aliphatic rings. The molecule has 0 unspecified atom stereocenters. The first-order valence-corrected chi connectivity index (χ1v) is 10.0. The topological polar surface area (TPSA) is 109 Å². The van der Waals surface area contributed by atoms with Gasteiger partial charge in [-0.15, -0.1) is 0 Å². The second-order valence-corrected chi connectivity index (χ2v) is 7.19. The molecule has 1 amide bonds. The normalized spacial score (nSPS) is 10.8. The molecule has 0 heterocycles. The monoisotopic (exact) mass is 442 g/mol. The molecule has 0 bridgehead atoms. The molecule has 0 saturated carbocycles. The Morgan fingerprint density at radius 1 is 1.03 bits per heavy atom. The van der Waals surface area contributed by atoms with Crippen LogP contribution in [0.4, 0.5) is 5.69 Å². The van der Waals surface area contributed by atoms with Crippen LogP contribution in [0.2, 0.25) is 0 Å². The maximum absolute atomic E-state index is 12.5. The number of hydrogen-bond donors (Lipinski definition) is 2. The smallest absolute Gasteiger partial charge is 0.335 e. The second-order valence-electron chi connectivity index (χ2n) is 7.19. The number of methoxy groups -OCH3 is 1. The average molecular weight is 442 g/mol. The zero-order chi connectivity index (χ0) is 23.8. The number of hydrogen-bond acceptors (Lipinski definition) is 5. The zero-order valence-electron chi connectivity index (χ0n) is 18.2. The van der Waals surface area contributed by atoms with E-state index in [1.165, 1.54) is 25.3 Å². The standard InChI is InChI=1S/C26H22N2O5/c1-17-3-10-22(11-4-17)28-25(29)21(15-27)13-19-7-12-23(24(14-19)32-2)33-16-18-5-8-20(9-6-18)26(30)31/h3-14H,16H2,1-2H3,(H,28,29)(H,30,31)/b21-13+. The van der Waals surface area contributed by atoms with Crippen molar-refractivity contribution in [2.75, 3.05) is 12.4 Å². The summed E-state index contributed by atoms with van der Waals surface area (Å²) >= 11 is 0. The highest BCUT2D eigenvalue weighted by molar-refractivity contribution is 6.09. The van der Waals surface area contributed by atoms with E-state index >= 15 is 0 Å². The van der Waals surface area contributed by atoms with Crippen LogP contribution >= 0.6 is 0 Å². The Balaban J connectivity index is 1.72. The number of benzene rings is 3. The van der Waals surface area contributed by atoms with Crippen LogP contribution in [0, 0.1) is 18.3 Å². The van der Waals surface area contributed by atoms with Crippen molar-refractivity contribution in [1.82, 2.24) is 0 Å². The number of nitrogens with one attached hydrogen (secondary N) is 1. The number of ether oxygens (including phenoxy) is 2. The summed E-state index contributed by atoms with van der Waals surface area (Å²) in [7, 11) is 1.49. The minimum absolute atomic E-state index is 0.0511. The summed E-state index contributed by atoms with van der Waals surface area (Å²) in [6.45, 7) is 2.16. The number of carboxylic acids is 1. The summed E-state index contributed by atoms with van der Waals surface area (Å²) in [4.78, 5) is 23.4. The minimum atomic E-state index is -0.989. The highest BCUT2D eigenvalue weighted by Crippen LogP contribution is 2.30. The molecule has 0 atom stereocenters. The number of carboxylic acid groups (broad SMARTS) is 1. The molecule has 0 radical (unpaired) electrons. The summed E-state index contributed by atoms with van der Waals surface area (Å²) in [5.74, 6) is -0.593. The van der Waals surface area contributed by atoms with Gasteiger partial charge in [0.2, 0.25) is 0 Å². The Labute approximate surface area is 191 Å². The third-order valence-corrected chi connectivity index (χ3v) is 4.77. The van der Waals surface area contributed by atoms with Crippen LogP contribution in [0.3, 0.4) is 0 Å². The van der Waals surface area contributed by atoms with E-state index in [2.05, 4.69) is 5.32 Å². The van der Waals surface area contributed by atoms with E-state index in [0.29, 0.717) is 22.7 Å². The number of rotatable bonds is 8. The molecule has 166 valence electrons. The van der Waals surface area contributed by atoms with Gasteiger partial charge in [-0.3, -0.25) is 4.79 Å². The lowest BCUT2D eigenvalue weighted by Crippen LogP contribution is -2.13. The first kappa shape index (κ1) is 23.1. The molecule has 0 fully saturated rings. The molecular weight excluding hydrogens is 420 g/mol. The highest BCUT2D eigenvalue weighted by Gasteiger charge is 2.12. The Bertz CT molecular complexity index is 1220. The Morgan fingerprint density at radius 3 is 2.33 bits per heavy atom. The van der Waals surface area contributed by atoms with E-state index in [1.807, 2.05) is 25.1 Å². The first-order valence-electron chi connectivity index (χ1n) is 10.0. The van der Waals surface area contributed by atoms with Crippen LogP contribution in [-0.4, -0.2) is 24.1 Å². The van der Waals surface area contributed by atoms with Crippen molar-refractivity contribution in [2.24, 2.45) is 0 Å². The van der Waals surface area contributed by atoms with E-state index in [0.717, 1.165) is 11.1 Å². The second kappa shape index (κ2) is 10.6. The molecule has 0 saturated heterocycles. The maximum Gasteiger partial charge on any atom is 0.335 e. The molecule has 0 aliphatic heterocycles. The van der Waals surface area contributed by atoms with Crippen LogP contribution in [-0.2, 0) is 11.4 Å². The summed E-state index contributed by atoms with van der Waals surface area (Å²) in [5, 5.41) is 21.1. The van der Waals surface area contributed by atoms with Crippen molar-refractivity contribution in [2.45, 2.75) is 13.5 Å². The summed E-state index contributed by atoms with van der Waals surface area (Å²) < 4.78 is 11.2. The number of nitrogens with zero attached hydrogens (tertiary/aromatic N) is 1. The molecule has 0 aromatic heterocycles. The fourth-order valence-corrected chi connectivity index (χ4v) is 2.95. The van der Waals surface area contributed by atoms with Gasteiger partial charge in [0.1, 0.15) is 18.2 Å². The van der Waals surface area contributed by atoms with E-state index in [1.54, 1.807) is 42.5 Å². The lowest BCUT2D eigenvalue weighted by Gasteiger charge is -2.12. The van der Waals surface area contributed by atoms with Gasteiger partial charge in [-0.05, 0) is 60.5 Å². The lowest BCUT2D eigenvalue weighted by molar-refractivity contribution is -0.112. The van der Waals surface area contributed by atoms with Gasteiger partial charge in [-0.25, -0.2) is 4.79 Å². The van der Waals surface area contributed by atoms with Gasteiger partial charge in [0, 0.05) is 5.69 Å². The van der Waals surface area contributed by atoms with Gasteiger partial charge in [-0.2, -0.15) is 5.26 Å². The van der Waals surface area contributed by atoms with Crippen LogP contribution in [0.1, 0.15) is 27.0 Å². The van der Waals surface area contributed by atoms with E-state index in [4.69, 9.17) is 14.6 Å². The fourth-order valence-electron chi connectivity index (χ4n) is 2.95. The van der Waals surface area contributed by atoms with Gasteiger partial charge in [-0.1, -0.05) is 35.9 Å². The van der Waals surface area contributed by atoms with Crippen LogP contribution in [0.25, 0.3) is 6.08 Å². The maximum atomic E-state index is 12.5. The molecule has 0 spiro atoms. The van der Waals surface area contributed by atoms with Crippen molar-refractivity contribution in [3.05, 3.63) is 94.6 Å². The van der Waals surface area contributed by atoms with Crippen molar-refractivity contribution in [3.63, 3.8) is 0 Å². The molecule has 3 aromatic rings. The van der Waals surface area contributed by atoms with Crippen molar-refractivity contribution in [1.29, 1.82) is 5.26 Å². The number of amides is 1. The van der Waals surface area contributed by atoms with E-state index < -0.39 is 11.9 Å². The average Bonchev–Trinajstić information content (AvgIpc) is 2.83. The molecular formula is C26H22N2O5. The van der Waals surface area contributed by atoms with Crippen LogP contribution < -0.4 is 14.8 Å². The van der Waals surface area contributed by atoms with Gasteiger partial charge in [0.15, 0.2) is 11.5 Å². The largest absolute Gasteiger partial charge is 0.493 e. The molecule has 3 rings (SSSR count). The number of aromatic carboxylic acids is 1. The Morgan fingerprint density at radius 2 is 1.73 bits per heavy atom. The summed E-state index contributed by atoms with van der Waals surface area (Å²) in [6.07, 6.45) is 1.47. The molecule has 33 heavy (non-hydrogen) atoms. The molecule has 2 N–H and O–H groups in total. The van der Waals surface area contributed by atoms with E-state index in [9.17, 15) is 14.9 Å². The third-order valence-electron chi connectivity index (χ3n) is 4.77. The minimum Gasteiger partial charge on any atom is -0.493 e. The summed E-state index contributed by atoms with van der Waals surface area (Å²) in [6, 6.07) is 20.7. The molecule has 7 heteroatoms. The molecule has 3 aromatic carbocycles. The summed E-state index contributed by atoms with van der Waals surface area (Å²) in [5.41, 5.74) is 3.21. The highest BCUT2D eigenvalue weighted by atomic mass is 16.5. The molecule has 0 aliphatic carbocycles. The van der Waals surface area contributed by atoms with Crippen LogP contribution in [0.15, 0.2) is 72.3 Å². The zero-order valence-corrected chi connectivity index (χ0v) is 18.2. The predicted octanol–water partition coefficient (Wildman–Crippen LogP) is 4.83. The number of aryl methyl sites for hydroxylation is 1. The number of carbonyl (C=O) groups is 2. The molecule has 7 nitrogen and oxygen atoms in total. The Kier molecular flexibility index (Phi) is 7.45. The predicted molar refractivity (Wildman–Crippen MR) is 124 cm³/mol. The van der Waals surface area contributed by atoms with E-state index in [-0.39, 0.29) is 17.7 Å². The van der Waals surface area contributed by atoms with Gasteiger partial charge in [0.25, 0.3) is 5.91 Å². The number of carbonyl (C=O) groups excluding carboxylic acids is 1. The van der Waals surface area contributed by atoms with Crippen LogP contribution in [0.5, 0.6) is 11.5 Å². The SMILES string of the molecule is COc1cc(/C=C(\C#N)C(=O)Nc2ccc(C)cc2)ccc1OCc1ccc(C(=O)O)cc1. The number of anilines is 1.